The number of nitrogens with zero attached hydrogens (tertiary/aromatic N) is 1. The molecule has 2 aromatic carbocycles. The molecule has 0 bridgehead atoms. The lowest BCUT2D eigenvalue weighted by atomic mass is 9.78. The number of halogens is 3. The number of nitrogens with two attached hydrogens (primary N) is 3. The van der Waals surface area contributed by atoms with Crippen molar-refractivity contribution in [1.29, 1.82) is 0 Å². The van der Waals surface area contributed by atoms with Crippen molar-refractivity contribution in [3.05, 3.63) is 59.2 Å². The van der Waals surface area contributed by atoms with Gasteiger partial charge in [0.15, 0.2) is 0 Å². The highest BCUT2D eigenvalue weighted by molar-refractivity contribution is 6.62. The minimum Gasteiger partial charge on any atom is -0.423 e. The standard InChI is InChI=1S/C29H38BF3N6O5/c1-28(2)21-8-7-20(13-22(21)30(43)44-28)37-27(42)24(11-16-3-5-17(6-4-16)29(31,32)33)38-26(41)23(36)9-10-25(40)39-14-18(34)12-19(35)15-39/h3-8,13,18-19,23-24,43H,9-12,14-15,34-36H2,1-2H3,(H,37,42)(H,38,41)/t18-,19+,23-,24+/m0/s1. The first-order chi connectivity index (χ1) is 20.5. The smallest absolute Gasteiger partial charge is 0.423 e. The molecule has 2 aliphatic heterocycles. The zero-order valence-electron chi connectivity index (χ0n) is 24.6. The lowest BCUT2D eigenvalue weighted by Gasteiger charge is -2.34. The Balaban J connectivity index is 1.45. The second kappa shape index (κ2) is 13.2. The predicted octanol–water partition coefficient (Wildman–Crippen LogP) is 0.319. The van der Waals surface area contributed by atoms with Crippen LogP contribution < -0.4 is 33.3 Å². The van der Waals surface area contributed by atoms with Gasteiger partial charge in [0.05, 0.1) is 17.2 Å². The van der Waals surface area contributed by atoms with Crippen LogP contribution in [0.5, 0.6) is 0 Å². The number of rotatable bonds is 9. The van der Waals surface area contributed by atoms with Gasteiger partial charge in [-0.25, -0.2) is 0 Å². The van der Waals surface area contributed by atoms with Crippen LogP contribution in [-0.2, 0) is 37.2 Å². The predicted molar refractivity (Wildman–Crippen MR) is 158 cm³/mol. The van der Waals surface area contributed by atoms with Gasteiger partial charge < -0.3 is 42.4 Å². The molecule has 238 valence electrons. The number of carbonyl (C=O) groups is 3. The average molecular weight is 618 g/mol. The van der Waals surface area contributed by atoms with Crippen molar-refractivity contribution in [3.63, 3.8) is 0 Å². The second-order valence-corrected chi connectivity index (χ2v) is 11.9. The lowest BCUT2D eigenvalue weighted by molar-refractivity contribution is -0.137. The van der Waals surface area contributed by atoms with Gasteiger partial charge in [0.2, 0.25) is 17.7 Å². The van der Waals surface area contributed by atoms with Gasteiger partial charge in [0.25, 0.3) is 0 Å². The molecular weight excluding hydrogens is 580 g/mol. The Morgan fingerprint density at radius 1 is 1.09 bits per heavy atom. The summed E-state index contributed by atoms with van der Waals surface area (Å²) in [5, 5.41) is 15.6. The van der Waals surface area contributed by atoms with Crippen molar-refractivity contribution in [3.8, 4) is 0 Å². The Labute approximate surface area is 253 Å². The van der Waals surface area contributed by atoms with Crippen molar-refractivity contribution < 1.29 is 37.2 Å². The van der Waals surface area contributed by atoms with Crippen molar-refractivity contribution in [2.45, 2.75) is 75.5 Å². The van der Waals surface area contributed by atoms with Gasteiger partial charge >= 0.3 is 13.3 Å². The maximum atomic E-state index is 13.4. The maximum Gasteiger partial charge on any atom is 0.492 e. The van der Waals surface area contributed by atoms with Crippen molar-refractivity contribution in [1.82, 2.24) is 10.2 Å². The van der Waals surface area contributed by atoms with Crippen molar-refractivity contribution in [2.75, 3.05) is 18.4 Å². The van der Waals surface area contributed by atoms with E-state index in [-0.39, 0.29) is 37.3 Å². The molecule has 0 spiro atoms. The first-order valence-corrected chi connectivity index (χ1v) is 14.4. The summed E-state index contributed by atoms with van der Waals surface area (Å²) in [7, 11) is -1.20. The highest BCUT2D eigenvalue weighted by Gasteiger charge is 2.40. The Hall–Kier alpha value is -3.50. The molecule has 1 fully saturated rings. The van der Waals surface area contributed by atoms with Crippen LogP contribution in [0.4, 0.5) is 18.9 Å². The molecule has 44 heavy (non-hydrogen) atoms. The van der Waals surface area contributed by atoms with Crippen molar-refractivity contribution in [2.24, 2.45) is 17.2 Å². The van der Waals surface area contributed by atoms with E-state index in [4.69, 9.17) is 21.9 Å². The number of amides is 3. The Kier molecular flexibility index (Phi) is 10.1. The highest BCUT2D eigenvalue weighted by atomic mass is 19.4. The van der Waals surface area contributed by atoms with Crippen LogP contribution in [0, 0.1) is 0 Å². The molecule has 15 heteroatoms. The van der Waals surface area contributed by atoms with Crippen LogP contribution in [-0.4, -0.2) is 72.0 Å². The molecule has 4 atom stereocenters. The quantitative estimate of drug-likeness (QED) is 0.217. The summed E-state index contributed by atoms with van der Waals surface area (Å²) in [6.45, 7) is 4.30. The number of alkyl halides is 3. The van der Waals surface area contributed by atoms with E-state index in [1.807, 2.05) is 0 Å². The van der Waals surface area contributed by atoms with E-state index < -0.39 is 48.4 Å². The second-order valence-electron chi connectivity index (χ2n) is 11.9. The molecule has 0 unspecified atom stereocenters. The van der Waals surface area contributed by atoms with E-state index in [9.17, 15) is 32.6 Å². The molecule has 0 saturated carbocycles. The third kappa shape index (κ3) is 8.15. The van der Waals surface area contributed by atoms with E-state index in [0.717, 1.165) is 17.7 Å². The summed E-state index contributed by atoms with van der Waals surface area (Å²) < 4.78 is 44.8. The zero-order chi connectivity index (χ0) is 32.4. The van der Waals surface area contributed by atoms with Crippen LogP contribution in [0.1, 0.15) is 49.8 Å². The SMILES string of the molecule is CC1(C)OB(O)c2cc(NC(=O)[C@@H](Cc3ccc(C(F)(F)F)cc3)NC(=O)[C@@H](N)CCC(=O)N3C[C@H](N)C[C@H](N)C3)ccc21. The fraction of sp³-hybridized carbons (Fsp3) is 0.483. The number of piperidine rings is 1. The summed E-state index contributed by atoms with van der Waals surface area (Å²) in [5.74, 6) is -1.62. The molecular formula is C29H38BF3N6O5. The molecule has 11 nitrogen and oxygen atoms in total. The highest BCUT2D eigenvalue weighted by Crippen LogP contribution is 2.31. The average Bonchev–Trinajstić information content (AvgIpc) is 3.17. The first-order valence-electron chi connectivity index (χ1n) is 14.4. The van der Waals surface area contributed by atoms with Crippen LogP contribution in [0.25, 0.3) is 0 Å². The van der Waals surface area contributed by atoms with Crippen LogP contribution >= 0.6 is 0 Å². The third-order valence-electron chi connectivity index (χ3n) is 7.87. The monoisotopic (exact) mass is 618 g/mol. The summed E-state index contributed by atoms with van der Waals surface area (Å²) in [6.07, 6.45) is -4.13. The molecule has 2 aromatic rings. The number of anilines is 1. The Bertz CT molecular complexity index is 1370. The molecule has 1 saturated heterocycles. The van der Waals surface area contributed by atoms with Crippen LogP contribution in [0.15, 0.2) is 42.5 Å². The number of nitrogens with one attached hydrogen (secondary N) is 2. The molecule has 0 radical (unpaired) electrons. The molecule has 9 N–H and O–H groups in total. The number of carbonyl (C=O) groups excluding carboxylic acids is 3. The van der Waals surface area contributed by atoms with Gasteiger partial charge in [0, 0.05) is 43.7 Å². The number of fused-ring (bicyclic) bond motifs is 1. The summed E-state index contributed by atoms with van der Waals surface area (Å²) in [4.78, 5) is 40.7. The molecule has 0 aliphatic carbocycles. The van der Waals surface area contributed by atoms with Crippen LogP contribution in [0.3, 0.4) is 0 Å². The van der Waals surface area contributed by atoms with Crippen LogP contribution in [0.2, 0.25) is 0 Å². The number of likely N-dealkylation sites (tertiary alicyclic amines) is 1. The third-order valence-corrected chi connectivity index (χ3v) is 7.87. The summed E-state index contributed by atoms with van der Waals surface area (Å²) in [6, 6.07) is 6.27. The number of benzene rings is 2. The first kappa shape index (κ1) is 33.4. The molecule has 4 rings (SSSR count). The Morgan fingerprint density at radius 2 is 1.73 bits per heavy atom. The van der Waals surface area contributed by atoms with Gasteiger partial charge in [-0.05, 0) is 67.5 Å². The van der Waals surface area contributed by atoms with E-state index >= 15 is 0 Å². The van der Waals surface area contributed by atoms with E-state index in [1.54, 1.807) is 36.9 Å². The van der Waals surface area contributed by atoms with E-state index in [0.29, 0.717) is 36.2 Å². The fourth-order valence-electron chi connectivity index (χ4n) is 5.53. The van der Waals surface area contributed by atoms with Gasteiger partial charge in [-0.3, -0.25) is 14.4 Å². The summed E-state index contributed by atoms with van der Waals surface area (Å²) in [5.41, 5.74) is 18.3. The number of hydrogen-bond acceptors (Lipinski definition) is 8. The van der Waals surface area contributed by atoms with E-state index in [2.05, 4.69) is 10.6 Å². The number of hydrogen-bond donors (Lipinski definition) is 6. The maximum absolute atomic E-state index is 13.4. The normalized spacial score (nSPS) is 20.9. The molecule has 3 amide bonds. The minimum absolute atomic E-state index is 0.0151. The lowest BCUT2D eigenvalue weighted by Crippen LogP contribution is -2.54. The minimum atomic E-state index is -4.53. The van der Waals surface area contributed by atoms with Gasteiger partial charge in [0.1, 0.15) is 6.04 Å². The topological polar surface area (TPSA) is 186 Å². The fourth-order valence-corrected chi connectivity index (χ4v) is 5.53. The Morgan fingerprint density at radius 3 is 2.34 bits per heavy atom. The van der Waals surface area contributed by atoms with Crippen molar-refractivity contribution >= 4 is 36.0 Å². The summed E-state index contributed by atoms with van der Waals surface area (Å²) >= 11 is 0. The van der Waals surface area contributed by atoms with Gasteiger partial charge in [-0.1, -0.05) is 18.2 Å². The molecule has 2 heterocycles. The van der Waals surface area contributed by atoms with Gasteiger partial charge in [-0.15, -0.1) is 0 Å². The van der Waals surface area contributed by atoms with Gasteiger partial charge in [-0.2, -0.15) is 13.2 Å². The van der Waals surface area contributed by atoms with E-state index in [1.165, 1.54) is 12.1 Å². The largest absolute Gasteiger partial charge is 0.492 e. The zero-order valence-corrected chi connectivity index (χ0v) is 24.6. The molecule has 0 aromatic heterocycles. The molecule has 2 aliphatic rings.